The van der Waals surface area contributed by atoms with E-state index in [2.05, 4.69) is 22.5 Å². The van der Waals surface area contributed by atoms with E-state index in [9.17, 15) is 4.79 Å². The predicted octanol–water partition coefficient (Wildman–Crippen LogP) is 2.34. The molecule has 21 heavy (non-hydrogen) atoms. The number of hydrogen-bond acceptors (Lipinski definition) is 3. The normalized spacial score (nSPS) is 18.7. The molecule has 0 radical (unpaired) electrons. The van der Waals surface area contributed by atoms with Crippen molar-refractivity contribution in [2.24, 2.45) is 5.92 Å². The molecule has 1 aliphatic heterocycles. The SMILES string of the molecule is CCN(CCC(=O)Nc1ccccc1)CC1CCCNC1. The van der Waals surface area contributed by atoms with Gasteiger partial charge in [0.15, 0.2) is 0 Å². The third-order valence-electron chi connectivity index (χ3n) is 4.08. The van der Waals surface area contributed by atoms with Crippen LogP contribution in [0.2, 0.25) is 0 Å². The van der Waals surface area contributed by atoms with Gasteiger partial charge >= 0.3 is 0 Å². The summed E-state index contributed by atoms with van der Waals surface area (Å²) in [5.74, 6) is 0.831. The molecule has 1 aliphatic rings. The van der Waals surface area contributed by atoms with Crippen molar-refractivity contribution in [1.82, 2.24) is 10.2 Å². The number of piperidine rings is 1. The van der Waals surface area contributed by atoms with Gasteiger partial charge < -0.3 is 15.5 Å². The maximum Gasteiger partial charge on any atom is 0.225 e. The highest BCUT2D eigenvalue weighted by Crippen LogP contribution is 2.12. The van der Waals surface area contributed by atoms with Crippen molar-refractivity contribution in [3.8, 4) is 0 Å². The Morgan fingerprint density at radius 1 is 1.38 bits per heavy atom. The molecule has 1 aromatic carbocycles. The van der Waals surface area contributed by atoms with Crippen molar-refractivity contribution in [1.29, 1.82) is 0 Å². The second-order valence-corrected chi connectivity index (χ2v) is 5.77. The Balaban J connectivity index is 1.70. The molecule has 1 aromatic rings. The Morgan fingerprint density at radius 3 is 2.86 bits per heavy atom. The van der Waals surface area contributed by atoms with E-state index < -0.39 is 0 Å². The van der Waals surface area contributed by atoms with E-state index in [0.717, 1.165) is 44.3 Å². The van der Waals surface area contributed by atoms with Gasteiger partial charge in [0.2, 0.25) is 5.91 Å². The third kappa shape index (κ3) is 5.86. The smallest absolute Gasteiger partial charge is 0.225 e. The van der Waals surface area contributed by atoms with E-state index in [0.29, 0.717) is 6.42 Å². The lowest BCUT2D eigenvalue weighted by Crippen LogP contribution is -2.39. The largest absolute Gasteiger partial charge is 0.326 e. The van der Waals surface area contributed by atoms with Crippen LogP contribution >= 0.6 is 0 Å². The number of para-hydroxylation sites is 1. The molecule has 0 aliphatic carbocycles. The van der Waals surface area contributed by atoms with E-state index in [1.54, 1.807) is 0 Å². The first-order valence-electron chi connectivity index (χ1n) is 8.06. The van der Waals surface area contributed by atoms with Gasteiger partial charge in [0.1, 0.15) is 0 Å². The number of amides is 1. The maximum absolute atomic E-state index is 12.0. The van der Waals surface area contributed by atoms with Crippen molar-refractivity contribution >= 4 is 11.6 Å². The van der Waals surface area contributed by atoms with Crippen LogP contribution < -0.4 is 10.6 Å². The standard InChI is InChI=1S/C17H27N3O/c1-2-20(14-15-7-6-11-18-13-15)12-10-17(21)19-16-8-4-3-5-9-16/h3-5,8-9,15,18H,2,6-7,10-14H2,1H3,(H,19,21). The summed E-state index contributed by atoms with van der Waals surface area (Å²) in [6, 6.07) is 9.66. The minimum atomic E-state index is 0.0985. The topological polar surface area (TPSA) is 44.4 Å². The number of rotatable bonds is 7. The zero-order chi connectivity index (χ0) is 14.9. The van der Waals surface area contributed by atoms with Gasteiger partial charge in [0.05, 0.1) is 0 Å². The molecule has 2 rings (SSSR count). The second-order valence-electron chi connectivity index (χ2n) is 5.77. The fourth-order valence-electron chi connectivity index (χ4n) is 2.83. The third-order valence-corrected chi connectivity index (χ3v) is 4.08. The van der Waals surface area contributed by atoms with Gasteiger partial charge in [-0.2, -0.15) is 0 Å². The average Bonchev–Trinajstić information content (AvgIpc) is 2.53. The number of nitrogens with zero attached hydrogens (tertiary/aromatic N) is 1. The Bertz CT molecular complexity index is 415. The van der Waals surface area contributed by atoms with Gasteiger partial charge in [-0.3, -0.25) is 4.79 Å². The van der Waals surface area contributed by atoms with Crippen LogP contribution in [-0.2, 0) is 4.79 Å². The first kappa shape index (κ1) is 16.0. The molecule has 0 spiro atoms. The van der Waals surface area contributed by atoms with Gasteiger partial charge in [-0.05, 0) is 50.5 Å². The molecule has 1 saturated heterocycles. The summed E-state index contributed by atoms with van der Waals surface area (Å²) in [7, 11) is 0. The van der Waals surface area contributed by atoms with Crippen LogP contribution in [0.25, 0.3) is 0 Å². The fourth-order valence-corrected chi connectivity index (χ4v) is 2.83. The average molecular weight is 289 g/mol. The summed E-state index contributed by atoms with van der Waals surface area (Å²) in [6.07, 6.45) is 3.14. The lowest BCUT2D eigenvalue weighted by molar-refractivity contribution is -0.116. The van der Waals surface area contributed by atoms with Crippen LogP contribution in [0.3, 0.4) is 0 Å². The van der Waals surface area contributed by atoms with Crippen LogP contribution in [0.5, 0.6) is 0 Å². The summed E-state index contributed by atoms with van der Waals surface area (Å²) < 4.78 is 0. The zero-order valence-electron chi connectivity index (χ0n) is 13.0. The van der Waals surface area contributed by atoms with E-state index >= 15 is 0 Å². The number of carbonyl (C=O) groups excluding carboxylic acids is 1. The van der Waals surface area contributed by atoms with Gasteiger partial charge in [-0.1, -0.05) is 25.1 Å². The summed E-state index contributed by atoms with van der Waals surface area (Å²) in [5.41, 5.74) is 0.877. The number of benzene rings is 1. The van der Waals surface area contributed by atoms with Crippen molar-refractivity contribution in [2.75, 3.05) is 38.0 Å². The van der Waals surface area contributed by atoms with E-state index in [-0.39, 0.29) is 5.91 Å². The molecule has 1 amide bonds. The van der Waals surface area contributed by atoms with E-state index in [1.807, 2.05) is 30.3 Å². The van der Waals surface area contributed by atoms with Crippen LogP contribution in [0.1, 0.15) is 26.2 Å². The number of nitrogens with one attached hydrogen (secondary N) is 2. The number of carbonyl (C=O) groups is 1. The highest BCUT2D eigenvalue weighted by molar-refractivity contribution is 5.90. The molecule has 0 bridgehead atoms. The summed E-state index contributed by atoms with van der Waals surface area (Å²) in [4.78, 5) is 14.4. The Hall–Kier alpha value is -1.39. The molecular weight excluding hydrogens is 262 g/mol. The molecule has 2 N–H and O–H groups in total. The molecule has 1 atom stereocenters. The van der Waals surface area contributed by atoms with Crippen molar-refractivity contribution in [3.63, 3.8) is 0 Å². The number of hydrogen-bond donors (Lipinski definition) is 2. The first-order valence-corrected chi connectivity index (χ1v) is 8.06. The molecule has 1 unspecified atom stereocenters. The lowest BCUT2D eigenvalue weighted by atomic mass is 9.99. The minimum Gasteiger partial charge on any atom is -0.326 e. The lowest BCUT2D eigenvalue weighted by Gasteiger charge is -2.29. The van der Waals surface area contributed by atoms with Crippen molar-refractivity contribution in [3.05, 3.63) is 30.3 Å². The monoisotopic (exact) mass is 289 g/mol. The molecule has 116 valence electrons. The summed E-state index contributed by atoms with van der Waals surface area (Å²) in [6.45, 7) is 7.39. The highest BCUT2D eigenvalue weighted by Gasteiger charge is 2.16. The van der Waals surface area contributed by atoms with Gasteiger partial charge in [0.25, 0.3) is 0 Å². The van der Waals surface area contributed by atoms with E-state index in [4.69, 9.17) is 0 Å². The van der Waals surface area contributed by atoms with Crippen LogP contribution in [0.15, 0.2) is 30.3 Å². The van der Waals surface area contributed by atoms with E-state index in [1.165, 1.54) is 12.8 Å². The molecule has 1 fully saturated rings. The van der Waals surface area contributed by atoms with Crippen LogP contribution in [0, 0.1) is 5.92 Å². The molecule has 1 heterocycles. The molecule has 0 saturated carbocycles. The first-order chi connectivity index (χ1) is 10.3. The Kier molecular flexibility index (Phi) is 6.70. The minimum absolute atomic E-state index is 0.0985. The summed E-state index contributed by atoms with van der Waals surface area (Å²) in [5, 5.41) is 6.40. The van der Waals surface area contributed by atoms with Gasteiger partial charge in [0, 0.05) is 25.2 Å². The zero-order valence-corrected chi connectivity index (χ0v) is 13.0. The predicted molar refractivity (Wildman–Crippen MR) is 87.4 cm³/mol. The maximum atomic E-state index is 12.0. The van der Waals surface area contributed by atoms with Gasteiger partial charge in [-0.15, -0.1) is 0 Å². The molecule has 0 aromatic heterocycles. The molecular formula is C17H27N3O. The fraction of sp³-hybridized carbons (Fsp3) is 0.588. The Labute approximate surface area is 127 Å². The van der Waals surface area contributed by atoms with Crippen LogP contribution in [0.4, 0.5) is 5.69 Å². The quantitative estimate of drug-likeness (QED) is 0.810. The molecule has 4 heteroatoms. The summed E-state index contributed by atoms with van der Waals surface area (Å²) >= 11 is 0. The van der Waals surface area contributed by atoms with Gasteiger partial charge in [-0.25, -0.2) is 0 Å². The number of anilines is 1. The van der Waals surface area contributed by atoms with Crippen LogP contribution in [-0.4, -0.2) is 43.5 Å². The van der Waals surface area contributed by atoms with Crippen molar-refractivity contribution < 1.29 is 4.79 Å². The highest BCUT2D eigenvalue weighted by atomic mass is 16.1. The molecule has 4 nitrogen and oxygen atoms in total. The second kappa shape index (κ2) is 8.80. The van der Waals surface area contributed by atoms with Crippen molar-refractivity contribution in [2.45, 2.75) is 26.2 Å². The Morgan fingerprint density at radius 2 is 2.19 bits per heavy atom.